The Bertz CT molecular complexity index is 750. The zero-order valence-electron chi connectivity index (χ0n) is 17.1. The summed E-state index contributed by atoms with van der Waals surface area (Å²) in [4.78, 5) is 19.6. The van der Waals surface area contributed by atoms with E-state index in [0.29, 0.717) is 23.2 Å². The summed E-state index contributed by atoms with van der Waals surface area (Å²) < 4.78 is 11.3. The first-order valence-electron chi connectivity index (χ1n) is 10.1. The van der Waals surface area contributed by atoms with Crippen LogP contribution in [0.15, 0.2) is 28.1 Å². The molecule has 1 amide bonds. The number of thioether (sulfide) groups is 1. The van der Waals surface area contributed by atoms with Crippen molar-refractivity contribution in [2.45, 2.75) is 46.0 Å². The fourth-order valence-electron chi connectivity index (χ4n) is 3.24. The molecule has 0 spiro atoms. The molecule has 1 aromatic carbocycles. The van der Waals surface area contributed by atoms with Gasteiger partial charge < -0.3 is 14.4 Å². The van der Waals surface area contributed by atoms with Crippen LogP contribution >= 0.6 is 11.8 Å². The van der Waals surface area contributed by atoms with E-state index in [2.05, 4.69) is 23.7 Å². The molecule has 3 rings (SSSR count). The number of nitrogens with zero attached hydrogens (tertiary/aromatic N) is 2. The molecule has 0 radical (unpaired) electrons. The Morgan fingerprint density at radius 2 is 1.93 bits per heavy atom. The monoisotopic (exact) mass is 402 g/mol. The van der Waals surface area contributed by atoms with Gasteiger partial charge in [-0.2, -0.15) is 4.99 Å². The van der Waals surface area contributed by atoms with Crippen molar-refractivity contribution in [3.8, 4) is 11.5 Å². The van der Waals surface area contributed by atoms with Crippen molar-refractivity contribution in [1.29, 1.82) is 0 Å². The van der Waals surface area contributed by atoms with E-state index < -0.39 is 0 Å². The second kappa shape index (κ2) is 10.0. The molecule has 0 unspecified atom stereocenters. The van der Waals surface area contributed by atoms with Crippen molar-refractivity contribution in [2.24, 2.45) is 10.9 Å². The number of rotatable bonds is 6. The summed E-state index contributed by atoms with van der Waals surface area (Å²) in [5.41, 5.74) is 0.913. The van der Waals surface area contributed by atoms with Crippen LogP contribution in [0.5, 0.6) is 11.5 Å². The smallest absolute Gasteiger partial charge is 0.286 e. The molecule has 0 saturated carbocycles. The average Bonchev–Trinajstić information content (AvgIpc) is 2.87. The minimum Gasteiger partial charge on any atom is -0.493 e. The number of amides is 1. The van der Waals surface area contributed by atoms with Gasteiger partial charge in [-0.3, -0.25) is 4.79 Å². The lowest BCUT2D eigenvalue weighted by atomic mass is 10.1. The minimum atomic E-state index is -0.152. The lowest BCUT2D eigenvalue weighted by Gasteiger charge is -2.20. The Hall–Kier alpha value is -1.95. The lowest BCUT2D eigenvalue weighted by molar-refractivity contribution is -0.113. The van der Waals surface area contributed by atoms with Crippen LogP contribution in [0, 0.1) is 5.92 Å². The molecule has 2 aliphatic rings. The van der Waals surface area contributed by atoms with E-state index in [4.69, 9.17) is 9.47 Å². The fourth-order valence-corrected chi connectivity index (χ4v) is 4.21. The zero-order valence-corrected chi connectivity index (χ0v) is 17.9. The molecule has 5 nitrogen and oxygen atoms in total. The average molecular weight is 403 g/mol. The van der Waals surface area contributed by atoms with Gasteiger partial charge in [0.05, 0.1) is 18.6 Å². The van der Waals surface area contributed by atoms with E-state index >= 15 is 0 Å². The van der Waals surface area contributed by atoms with E-state index in [-0.39, 0.29) is 5.91 Å². The number of carbonyl (C=O) groups excluding carboxylic acids is 1. The molecular weight excluding hydrogens is 372 g/mol. The third-order valence-electron chi connectivity index (χ3n) is 4.92. The zero-order chi connectivity index (χ0) is 19.9. The predicted molar refractivity (Wildman–Crippen MR) is 116 cm³/mol. The molecule has 2 heterocycles. The topological polar surface area (TPSA) is 51.1 Å². The standard InChI is InChI=1S/C22H30N2O3S/c1-16(2)10-13-27-18-9-8-17(14-19(18)26-3)15-20-21(25)23-22(28-20)24-11-6-4-5-7-12-24/h8-9,14-16H,4-7,10-13H2,1-3H3. The van der Waals surface area contributed by atoms with Gasteiger partial charge in [0.15, 0.2) is 16.7 Å². The van der Waals surface area contributed by atoms with Crippen molar-refractivity contribution in [1.82, 2.24) is 4.90 Å². The number of ether oxygens (including phenoxy) is 2. The highest BCUT2D eigenvalue weighted by molar-refractivity contribution is 8.18. The van der Waals surface area contributed by atoms with Crippen LogP contribution in [0.3, 0.4) is 0 Å². The fraction of sp³-hybridized carbons (Fsp3) is 0.545. The van der Waals surface area contributed by atoms with E-state index in [1.165, 1.54) is 37.4 Å². The van der Waals surface area contributed by atoms with Crippen LogP contribution in [-0.4, -0.2) is 42.8 Å². The lowest BCUT2D eigenvalue weighted by Crippen LogP contribution is -2.28. The SMILES string of the molecule is COc1cc(C=C2SC(N3CCCCCC3)=NC2=O)ccc1OCCC(C)C. The third-order valence-corrected chi connectivity index (χ3v) is 5.97. The Labute approximate surface area is 172 Å². The van der Waals surface area contributed by atoms with Gasteiger partial charge in [-0.05, 0) is 60.7 Å². The summed E-state index contributed by atoms with van der Waals surface area (Å²) in [6.07, 6.45) is 7.75. The highest BCUT2D eigenvalue weighted by Crippen LogP contribution is 2.34. The second-order valence-electron chi connectivity index (χ2n) is 7.65. The van der Waals surface area contributed by atoms with Gasteiger partial charge in [0.25, 0.3) is 5.91 Å². The van der Waals surface area contributed by atoms with E-state index in [1.54, 1.807) is 7.11 Å². The van der Waals surface area contributed by atoms with Crippen LogP contribution in [0.1, 0.15) is 51.5 Å². The Morgan fingerprint density at radius 3 is 2.61 bits per heavy atom. The molecule has 2 aliphatic heterocycles. The molecule has 28 heavy (non-hydrogen) atoms. The summed E-state index contributed by atoms with van der Waals surface area (Å²) >= 11 is 1.48. The van der Waals surface area contributed by atoms with Crippen molar-refractivity contribution in [2.75, 3.05) is 26.8 Å². The second-order valence-corrected chi connectivity index (χ2v) is 8.66. The third kappa shape index (κ3) is 5.53. The highest BCUT2D eigenvalue weighted by Gasteiger charge is 2.26. The Morgan fingerprint density at radius 1 is 1.18 bits per heavy atom. The van der Waals surface area contributed by atoms with Crippen LogP contribution in [-0.2, 0) is 4.79 Å². The maximum Gasteiger partial charge on any atom is 0.286 e. The summed E-state index contributed by atoms with van der Waals surface area (Å²) in [5.74, 6) is 1.86. The predicted octanol–water partition coefficient (Wildman–Crippen LogP) is 4.97. The number of aliphatic imine (C=N–C) groups is 1. The first-order chi connectivity index (χ1) is 13.6. The van der Waals surface area contributed by atoms with Gasteiger partial charge >= 0.3 is 0 Å². The Balaban J connectivity index is 1.68. The molecular formula is C22H30N2O3S. The maximum atomic E-state index is 12.4. The van der Waals surface area contributed by atoms with Crippen LogP contribution < -0.4 is 9.47 Å². The van der Waals surface area contributed by atoms with Gasteiger partial charge in [-0.25, -0.2) is 0 Å². The van der Waals surface area contributed by atoms with Gasteiger partial charge in [0.1, 0.15) is 0 Å². The molecule has 0 N–H and O–H groups in total. The van der Waals surface area contributed by atoms with Crippen molar-refractivity contribution >= 4 is 28.9 Å². The molecule has 1 aromatic rings. The molecule has 6 heteroatoms. The largest absolute Gasteiger partial charge is 0.493 e. The van der Waals surface area contributed by atoms with Crippen molar-refractivity contribution < 1.29 is 14.3 Å². The summed E-state index contributed by atoms with van der Waals surface area (Å²) in [7, 11) is 1.64. The van der Waals surface area contributed by atoms with E-state index in [0.717, 1.165) is 36.0 Å². The minimum absolute atomic E-state index is 0.152. The number of amidine groups is 1. The normalized spacial score (nSPS) is 19.1. The molecule has 1 saturated heterocycles. The van der Waals surface area contributed by atoms with E-state index in [1.807, 2.05) is 24.3 Å². The van der Waals surface area contributed by atoms with Crippen molar-refractivity contribution in [3.05, 3.63) is 28.7 Å². The molecule has 0 aliphatic carbocycles. The first-order valence-corrected chi connectivity index (χ1v) is 11.0. The number of hydrogen-bond donors (Lipinski definition) is 0. The van der Waals surface area contributed by atoms with Crippen LogP contribution in [0.2, 0.25) is 0 Å². The van der Waals surface area contributed by atoms with Gasteiger partial charge in [-0.1, -0.05) is 32.8 Å². The molecule has 0 atom stereocenters. The summed E-state index contributed by atoms with van der Waals surface area (Å²) in [6, 6.07) is 5.78. The number of carbonyl (C=O) groups is 1. The molecule has 0 bridgehead atoms. The summed E-state index contributed by atoms with van der Waals surface area (Å²) in [5, 5.41) is 0.846. The first kappa shape index (κ1) is 20.8. The van der Waals surface area contributed by atoms with Gasteiger partial charge in [0, 0.05) is 13.1 Å². The van der Waals surface area contributed by atoms with Crippen LogP contribution in [0.4, 0.5) is 0 Å². The molecule has 152 valence electrons. The van der Waals surface area contributed by atoms with Crippen LogP contribution in [0.25, 0.3) is 6.08 Å². The van der Waals surface area contributed by atoms with Gasteiger partial charge in [-0.15, -0.1) is 0 Å². The number of hydrogen-bond acceptors (Lipinski definition) is 5. The maximum absolute atomic E-state index is 12.4. The number of likely N-dealkylation sites (tertiary alicyclic amines) is 1. The molecule has 1 fully saturated rings. The van der Waals surface area contributed by atoms with Gasteiger partial charge in [0.2, 0.25) is 0 Å². The highest BCUT2D eigenvalue weighted by atomic mass is 32.2. The van der Waals surface area contributed by atoms with Crippen molar-refractivity contribution in [3.63, 3.8) is 0 Å². The summed E-state index contributed by atoms with van der Waals surface area (Å²) in [6.45, 7) is 6.99. The number of methoxy groups -OCH3 is 1. The number of benzene rings is 1. The van der Waals surface area contributed by atoms with E-state index in [9.17, 15) is 4.79 Å². The quantitative estimate of drug-likeness (QED) is 0.629. The molecule has 0 aromatic heterocycles. The Kier molecular flexibility index (Phi) is 7.43.